The fraction of sp³-hybridized carbons (Fsp3) is 0.385. The first-order valence-electron chi connectivity index (χ1n) is 11.2. The molecule has 0 amide bonds. The Hall–Kier alpha value is -3.32. The average Bonchev–Trinajstić information content (AvgIpc) is 3.23. The zero-order chi connectivity index (χ0) is 23.4. The van der Waals surface area contributed by atoms with Crippen LogP contribution in [0.4, 0.5) is 0 Å². The number of nitrogens with zero attached hydrogens (tertiary/aromatic N) is 2. The van der Waals surface area contributed by atoms with Gasteiger partial charge in [-0.15, -0.1) is 0 Å². The summed E-state index contributed by atoms with van der Waals surface area (Å²) in [4.78, 5) is 22.0. The molecule has 2 aromatic carbocycles. The molecule has 33 heavy (non-hydrogen) atoms. The minimum absolute atomic E-state index is 0.110. The van der Waals surface area contributed by atoms with Gasteiger partial charge >= 0.3 is 0 Å². The van der Waals surface area contributed by atoms with E-state index in [4.69, 9.17) is 14.2 Å². The van der Waals surface area contributed by atoms with Crippen LogP contribution in [0.5, 0.6) is 17.2 Å². The molecule has 2 atom stereocenters. The maximum atomic E-state index is 12.2. The molecule has 7 nitrogen and oxygen atoms in total. The second-order valence-corrected chi connectivity index (χ2v) is 8.35. The SMILES string of the molecule is CCOc1ccc(CN2C[C@@H](c3ccc(OC)cc3)[C@H](c3cc(=O)[nH]c(C)n3)C2)cc1OC. The Morgan fingerprint density at radius 1 is 1.00 bits per heavy atom. The van der Waals surface area contributed by atoms with E-state index in [1.165, 1.54) is 5.56 Å². The minimum atomic E-state index is -0.110. The molecule has 7 heteroatoms. The molecule has 174 valence electrons. The van der Waals surface area contributed by atoms with Gasteiger partial charge in [0.1, 0.15) is 11.6 Å². The van der Waals surface area contributed by atoms with Gasteiger partial charge in [0.05, 0.1) is 26.5 Å². The number of hydrogen-bond donors (Lipinski definition) is 1. The first-order valence-corrected chi connectivity index (χ1v) is 11.2. The van der Waals surface area contributed by atoms with Crippen molar-refractivity contribution in [3.63, 3.8) is 0 Å². The zero-order valence-corrected chi connectivity index (χ0v) is 19.6. The van der Waals surface area contributed by atoms with Crippen LogP contribution in [0.1, 0.15) is 41.4 Å². The zero-order valence-electron chi connectivity index (χ0n) is 19.6. The highest BCUT2D eigenvalue weighted by Gasteiger charge is 2.36. The van der Waals surface area contributed by atoms with E-state index < -0.39 is 0 Å². The third-order valence-corrected chi connectivity index (χ3v) is 6.13. The third-order valence-electron chi connectivity index (χ3n) is 6.13. The number of likely N-dealkylation sites (tertiary alicyclic amines) is 1. The van der Waals surface area contributed by atoms with Crippen molar-refractivity contribution in [1.29, 1.82) is 0 Å². The number of nitrogens with one attached hydrogen (secondary N) is 1. The molecule has 0 spiro atoms. The third kappa shape index (κ3) is 5.20. The van der Waals surface area contributed by atoms with Gasteiger partial charge in [-0.2, -0.15) is 0 Å². The van der Waals surface area contributed by atoms with Gasteiger partial charge in [0.25, 0.3) is 5.56 Å². The van der Waals surface area contributed by atoms with Crippen LogP contribution in [-0.4, -0.2) is 48.8 Å². The normalized spacial score (nSPS) is 18.3. The molecular formula is C26H31N3O4. The lowest BCUT2D eigenvalue weighted by atomic mass is 9.86. The van der Waals surface area contributed by atoms with Gasteiger partial charge < -0.3 is 19.2 Å². The van der Waals surface area contributed by atoms with E-state index in [1.807, 2.05) is 38.1 Å². The van der Waals surface area contributed by atoms with Crippen LogP contribution < -0.4 is 19.8 Å². The predicted octanol–water partition coefficient (Wildman–Crippen LogP) is 3.88. The van der Waals surface area contributed by atoms with Crippen molar-refractivity contribution in [3.05, 3.63) is 81.5 Å². The molecule has 1 aliphatic heterocycles. The standard InChI is InChI=1S/C26H31N3O4/c1-5-33-24-11-6-18(12-25(24)32-4)14-29-15-21(19-7-9-20(31-3)10-8-19)22(16-29)23-13-26(30)28-17(2)27-23/h6-13,21-22H,5,14-16H2,1-4H3,(H,27,28,30)/t21-,22+/m0/s1. The van der Waals surface area contributed by atoms with Gasteiger partial charge in [0.2, 0.25) is 0 Å². The van der Waals surface area contributed by atoms with Gasteiger partial charge in [0.15, 0.2) is 11.5 Å². The number of benzene rings is 2. The first-order chi connectivity index (χ1) is 16.0. The number of aromatic amines is 1. The second kappa shape index (κ2) is 10.1. The highest BCUT2D eigenvalue weighted by atomic mass is 16.5. The van der Waals surface area contributed by atoms with Crippen molar-refractivity contribution in [2.75, 3.05) is 33.9 Å². The Kier molecular flexibility index (Phi) is 6.99. The molecule has 1 saturated heterocycles. The van der Waals surface area contributed by atoms with Crippen molar-refractivity contribution >= 4 is 0 Å². The summed E-state index contributed by atoms with van der Waals surface area (Å²) in [7, 11) is 3.33. The summed E-state index contributed by atoms with van der Waals surface area (Å²) in [5, 5.41) is 0. The highest BCUT2D eigenvalue weighted by molar-refractivity contribution is 5.43. The Balaban J connectivity index is 1.62. The summed E-state index contributed by atoms with van der Waals surface area (Å²) in [6.45, 7) is 6.82. The Morgan fingerprint density at radius 2 is 1.76 bits per heavy atom. The van der Waals surface area contributed by atoms with E-state index in [2.05, 4.69) is 33.1 Å². The highest BCUT2D eigenvalue weighted by Crippen LogP contribution is 2.40. The van der Waals surface area contributed by atoms with E-state index in [1.54, 1.807) is 20.3 Å². The number of aromatic nitrogens is 2. The van der Waals surface area contributed by atoms with E-state index in [0.29, 0.717) is 12.4 Å². The monoisotopic (exact) mass is 449 g/mol. The Morgan fingerprint density at radius 3 is 2.42 bits per heavy atom. The lowest BCUT2D eigenvalue weighted by Crippen LogP contribution is -2.21. The quantitative estimate of drug-likeness (QED) is 0.563. The molecule has 1 aromatic heterocycles. The van der Waals surface area contributed by atoms with Gasteiger partial charge in [-0.05, 0) is 49.2 Å². The minimum Gasteiger partial charge on any atom is -0.497 e. The second-order valence-electron chi connectivity index (χ2n) is 8.35. The fourth-order valence-corrected chi connectivity index (χ4v) is 4.64. The molecular weight excluding hydrogens is 418 g/mol. The summed E-state index contributed by atoms with van der Waals surface area (Å²) in [5.41, 5.74) is 3.09. The van der Waals surface area contributed by atoms with Gasteiger partial charge in [-0.25, -0.2) is 4.98 Å². The summed E-state index contributed by atoms with van der Waals surface area (Å²) in [5.74, 6) is 3.29. The van der Waals surface area contributed by atoms with Gasteiger partial charge in [-0.3, -0.25) is 9.69 Å². The predicted molar refractivity (Wildman–Crippen MR) is 128 cm³/mol. The molecule has 2 heterocycles. The smallest absolute Gasteiger partial charge is 0.251 e. The van der Waals surface area contributed by atoms with Crippen molar-refractivity contribution < 1.29 is 14.2 Å². The maximum Gasteiger partial charge on any atom is 0.251 e. The Bertz CT molecular complexity index is 1140. The number of rotatable bonds is 8. The fourth-order valence-electron chi connectivity index (χ4n) is 4.64. The van der Waals surface area contributed by atoms with Crippen molar-refractivity contribution in [2.24, 2.45) is 0 Å². The number of methoxy groups -OCH3 is 2. The van der Waals surface area contributed by atoms with Crippen LogP contribution in [0.15, 0.2) is 53.3 Å². The van der Waals surface area contributed by atoms with Crippen LogP contribution in [-0.2, 0) is 6.54 Å². The van der Waals surface area contributed by atoms with Crippen molar-refractivity contribution in [1.82, 2.24) is 14.9 Å². The molecule has 0 radical (unpaired) electrons. The molecule has 0 bridgehead atoms. The largest absolute Gasteiger partial charge is 0.497 e. The topological polar surface area (TPSA) is 76.7 Å². The molecule has 0 aliphatic carbocycles. The molecule has 0 saturated carbocycles. The summed E-state index contributed by atoms with van der Waals surface area (Å²) in [6, 6.07) is 15.9. The van der Waals surface area contributed by atoms with E-state index >= 15 is 0 Å². The van der Waals surface area contributed by atoms with E-state index in [9.17, 15) is 4.79 Å². The van der Waals surface area contributed by atoms with Crippen LogP contribution in [0.25, 0.3) is 0 Å². The van der Waals surface area contributed by atoms with Gasteiger partial charge in [-0.1, -0.05) is 18.2 Å². The number of aryl methyl sites for hydroxylation is 1. The van der Waals surface area contributed by atoms with Crippen LogP contribution >= 0.6 is 0 Å². The summed E-state index contributed by atoms with van der Waals surface area (Å²) >= 11 is 0. The molecule has 1 aliphatic rings. The molecule has 0 unspecified atom stereocenters. The lowest BCUT2D eigenvalue weighted by Gasteiger charge is -2.19. The number of H-pyrrole nitrogens is 1. The summed E-state index contributed by atoms with van der Waals surface area (Å²) < 4.78 is 16.5. The summed E-state index contributed by atoms with van der Waals surface area (Å²) in [6.07, 6.45) is 0. The van der Waals surface area contributed by atoms with Crippen LogP contribution in [0.2, 0.25) is 0 Å². The Labute approximate surface area is 194 Å². The van der Waals surface area contributed by atoms with E-state index in [0.717, 1.165) is 48.1 Å². The van der Waals surface area contributed by atoms with Crippen LogP contribution in [0, 0.1) is 6.92 Å². The first kappa shape index (κ1) is 22.9. The maximum absolute atomic E-state index is 12.2. The van der Waals surface area contributed by atoms with Crippen LogP contribution in [0.3, 0.4) is 0 Å². The van der Waals surface area contributed by atoms with E-state index in [-0.39, 0.29) is 17.4 Å². The lowest BCUT2D eigenvalue weighted by molar-refractivity contribution is 0.306. The van der Waals surface area contributed by atoms with Crippen molar-refractivity contribution in [3.8, 4) is 17.2 Å². The van der Waals surface area contributed by atoms with Gasteiger partial charge in [0, 0.05) is 37.5 Å². The average molecular weight is 450 g/mol. The number of hydrogen-bond acceptors (Lipinski definition) is 6. The van der Waals surface area contributed by atoms with Crippen molar-refractivity contribution in [2.45, 2.75) is 32.2 Å². The molecule has 1 fully saturated rings. The molecule has 4 rings (SSSR count). The molecule has 1 N–H and O–H groups in total. The molecule has 3 aromatic rings. The number of ether oxygens (including phenoxy) is 3.